The van der Waals surface area contributed by atoms with Crippen LogP contribution >= 0.6 is 0 Å². The third-order valence-corrected chi connectivity index (χ3v) is 8.71. The highest BCUT2D eigenvalue weighted by atomic mass is 16.6. The molecule has 52 heavy (non-hydrogen) atoms. The zero-order valence-electron chi connectivity index (χ0n) is 31.5. The molecule has 3 atom stereocenters. The largest absolute Gasteiger partial charge is 0.496 e. The van der Waals surface area contributed by atoms with Crippen molar-refractivity contribution < 1.29 is 52.5 Å². The number of ether oxygens (including phenoxy) is 5. The first-order valence-corrected chi connectivity index (χ1v) is 17.2. The van der Waals surface area contributed by atoms with E-state index in [1.807, 2.05) is 13.0 Å². The number of benzene rings is 2. The molecule has 0 saturated carbocycles. The van der Waals surface area contributed by atoms with Gasteiger partial charge in [0.2, 0.25) is 0 Å². The van der Waals surface area contributed by atoms with Gasteiger partial charge in [0, 0.05) is 6.42 Å². The van der Waals surface area contributed by atoms with Crippen molar-refractivity contribution in [2.75, 3.05) is 7.11 Å². The van der Waals surface area contributed by atoms with E-state index in [9.17, 15) is 28.8 Å². The summed E-state index contributed by atoms with van der Waals surface area (Å²) >= 11 is 0. The minimum atomic E-state index is -1.61. The summed E-state index contributed by atoms with van der Waals surface area (Å²) in [5.74, 6) is -1.05. The Morgan fingerprint density at radius 1 is 0.692 bits per heavy atom. The van der Waals surface area contributed by atoms with Crippen LogP contribution in [0.4, 0.5) is 19.2 Å². The molecule has 15 heteroatoms. The average molecular weight is 725 g/mol. The maximum absolute atomic E-state index is 13.7. The molecule has 0 N–H and O–H groups in total. The minimum Gasteiger partial charge on any atom is -0.496 e. The highest BCUT2D eigenvalue weighted by Crippen LogP contribution is 2.46. The van der Waals surface area contributed by atoms with Crippen LogP contribution in [0.5, 0.6) is 5.75 Å². The second-order valence-corrected chi connectivity index (χ2v) is 13.7. The number of carbonyl (C=O) groups excluding carboxylic acids is 6. The molecule has 2 aliphatic rings. The molecular weight excluding hydrogens is 676 g/mol. The number of hydrogen-bond donors (Lipinski definition) is 0. The maximum atomic E-state index is 13.7. The Balaban J connectivity index is 1.59. The molecule has 2 fully saturated rings. The lowest BCUT2D eigenvalue weighted by molar-refractivity contribution is -0.205. The minimum absolute atomic E-state index is 0.0854. The van der Waals surface area contributed by atoms with Crippen LogP contribution < -0.4 is 4.74 Å². The van der Waals surface area contributed by atoms with Gasteiger partial charge in [0.15, 0.2) is 11.1 Å². The molecule has 15 nitrogen and oxygen atoms in total. The number of hydrazine groups is 2. The molecule has 6 amide bonds. The van der Waals surface area contributed by atoms with Crippen molar-refractivity contribution in [1.82, 2.24) is 20.0 Å². The average Bonchev–Trinajstić information content (AvgIpc) is 3.04. The highest BCUT2D eigenvalue weighted by Gasteiger charge is 2.66. The van der Waals surface area contributed by atoms with E-state index in [4.69, 9.17) is 23.7 Å². The zero-order valence-corrected chi connectivity index (χ0v) is 31.5. The van der Waals surface area contributed by atoms with E-state index in [0.717, 1.165) is 15.6 Å². The smallest absolute Gasteiger partial charge is 0.436 e. The second kappa shape index (κ2) is 15.1. The third-order valence-electron chi connectivity index (χ3n) is 8.71. The molecule has 2 aromatic rings. The molecule has 4 rings (SSSR count). The van der Waals surface area contributed by atoms with Crippen LogP contribution in [0.25, 0.3) is 0 Å². The summed E-state index contributed by atoms with van der Waals surface area (Å²) in [6, 6.07) is 11.9. The molecule has 2 aliphatic heterocycles. The van der Waals surface area contributed by atoms with Crippen molar-refractivity contribution in [3.05, 3.63) is 64.7 Å². The van der Waals surface area contributed by atoms with Crippen molar-refractivity contribution in [3.8, 4) is 5.75 Å². The Bertz CT molecular complexity index is 1740. The van der Waals surface area contributed by atoms with Crippen LogP contribution in [-0.4, -0.2) is 87.7 Å². The maximum Gasteiger partial charge on any atom is 0.436 e. The molecule has 0 aromatic heterocycles. The number of nitrogens with zero attached hydrogens (tertiary/aromatic N) is 4. The van der Waals surface area contributed by atoms with Gasteiger partial charge in [-0.15, -0.1) is 10.0 Å². The van der Waals surface area contributed by atoms with E-state index in [2.05, 4.69) is 0 Å². The first-order valence-electron chi connectivity index (χ1n) is 17.2. The van der Waals surface area contributed by atoms with Crippen molar-refractivity contribution in [2.45, 2.75) is 118 Å². The van der Waals surface area contributed by atoms with Gasteiger partial charge in [0.1, 0.15) is 11.9 Å². The van der Waals surface area contributed by atoms with Gasteiger partial charge in [-0.25, -0.2) is 19.2 Å². The predicted molar refractivity (Wildman–Crippen MR) is 185 cm³/mol. The number of hydrogen-bond acceptors (Lipinski definition) is 11. The quantitative estimate of drug-likeness (QED) is 0.251. The normalized spacial score (nSPS) is 20.4. The second-order valence-electron chi connectivity index (χ2n) is 13.7. The Kier molecular flexibility index (Phi) is 11.5. The fourth-order valence-electron chi connectivity index (χ4n) is 6.30. The molecule has 0 spiro atoms. The molecular formula is C37H48N4O11. The van der Waals surface area contributed by atoms with Gasteiger partial charge < -0.3 is 23.7 Å². The number of aryl methyl sites for hydroxylation is 1. The van der Waals surface area contributed by atoms with Crippen LogP contribution in [0.2, 0.25) is 0 Å². The van der Waals surface area contributed by atoms with E-state index in [1.165, 1.54) is 14.0 Å². The van der Waals surface area contributed by atoms with Crippen LogP contribution in [-0.2, 0) is 46.0 Å². The summed E-state index contributed by atoms with van der Waals surface area (Å²) in [6.45, 7) is 16.5. The summed E-state index contributed by atoms with van der Waals surface area (Å²) in [5, 5.41) is 3.20. The van der Waals surface area contributed by atoms with Crippen LogP contribution in [0.3, 0.4) is 0 Å². The van der Waals surface area contributed by atoms with Crippen LogP contribution in [0, 0.1) is 6.92 Å². The highest BCUT2D eigenvalue weighted by molar-refractivity contribution is 6.07. The molecule has 0 aliphatic carbocycles. The number of methoxy groups -OCH3 is 1. The van der Waals surface area contributed by atoms with E-state index in [-0.39, 0.29) is 12.8 Å². The predicted octanol–water partition coefficient (Wildman–Crippen LogP) is 6.35. The fraction of sp³-hybridized carbons (Fsp3) is 0.514. The van der Waals surface area contributed by atoms with Gasteiger partial charge in [0.05, 0.1) is 25.4 Å². The van der Waals surface area contributed by atoms with Crippen LogP contribution in [0.15, 0.2) is 42.5 Å². The lowest BCUT2D eigenvalue weighted by Crippen LogP contribution is -2.78. The lowest BCUT2D eigenvalue weighted by atomic mass is 9.81. The van der Waals surface area contributed by atoms with E-state index in [0.29, 0.717) is 32.5 Å². The van der Waals surface area contributed by atoms with Crippen LogP contribution in [0.1, 0.15) is 91.0 Å². The van der Waals surface area contributed by atoms with Gasteiger partial charge >= 0.3 is 24.4 Å². The lowest BCUT2D eigenvalue weighted by Gasteiger charge is -2.55. The van der Waals surface area contributed by atoms with E-state index < -0.39 is 71.7 Å². The van der Waals surface area contributed by atoms with Crippen molar-refractivity contribution in [1.29, 1.82) is 0 Å². The molecule has 282 valence electrons. The summed E-state index contributed by atoms with van der Waals surface area (Å²) in [6.07, 6.45) is -6.16. The van der Waals surface area contributed by atoms with Gasteiger partial charge in [-0.2, -0.15) is 10.0 Å². The van der Waals surface area contributed by atoms with E-state index in [1.54, 1.807) is 91.8 Å². The zero-order chi connectivity index (χ0) is 38.9. The Morgan fingerprint density at radius 3 is 1.77 bits per heavy atom. The molecule has 2 saturated heterocycles. The Labute approximate surface area is 303 Å². The van der Waals surface area contributed by atoms with Gasteiger partial charge in [-0.1, -0.05) is 48.9 Å². The number of carbonyl (C=O) groups is 6. The molecule has 0 radical (unpaired) electrons. The number of rotatable bonds is 10. The molecule has 3 unspecified atom stereocenters. The van der Waals surface area contributed by atoms with Crippen molar-refractivity contribution in [2.24, 2.45) is 0 Å². The summed E-state index contributed by atoms with van der Waals surface area (Å²) in [5.41, 5.74) is -0.843. The summed E-state index contributed by atoms with van der Waals surface area (Å²) in [7, 11) is 1.42. The monoisotopic (exact) mass is 724 g/mol. The number of amides is 6. The van der Waals surface area contributed by atoms with E-state index >= 15 is 0 Å². The Morgan fingerprint density at radius 2 is 1.23 bits per heavy atom. The van der Waals surface area contributed by atoms with Gasteiger partial charge in [-0.05, 0) is 91.5 Å². The van der Waals surface area contributed by atoms with Crippen molar-refractivity contribution >= 4 is 36.2 Å². The Hall–Kier alpha value is -5.34. The first kappa shape index (κ1) is 39.4. The molecule has 0 bridgehead atoms. The van der Waals surface area contributed by atoms with Gasteiger partial charge in [0.25, 0.3) is 11.8 Å². The summed E-state index contributed by atoms with van der Waals surface area (Å²) < 4.78 is 27.4. The third kappa shape index (κ3) is 6.95. The number of imide groups is 2. The standard InChI is InChI=1S/C37H48N4O11/c1-12-37(31(43)39(32(44)49-21(2)3)41(37)35(47)51-23(6)7)28-17-16-26(29(20-28)48-11)19-25(9)52-33(45)38-30(42)36(10,27-15-13-14-24(8)18-27)40(38)34(46)50-22(4)5/h13-18,20-23,25H,12,19H2,1-11H3. The molecule has 2 aromatic carbocycles. The van der Waals surface area contributed by atoms with Gasteiger partial charge in [-0.3, -0.25) is 9.59 Å². The first-order chi connectivity index (χ1) is 24.3. The van der Waals surface area contributed by atoms with Crippen molar-refractivity contribution in [3.63, 3.8) is 0 Å². The fourth-order valence-corrected chi connectivity index (χ4v) is 6.30. The SMILES string of the molecule is CCC1(c2ccc(CC(C)OC(=O)N3C(=O)C(C)(c4cccc(C)c4)N3C(=O)OC(C)C)c(OC)c2)C(=O)N(C(=O)OC(C)C)N1C(=O)OC(C)C. The summed E-state index contributed by atoms with van der Waals surface area (Å²) in [4.78, 5) is 80.3. The molecule has 2 heterocycles. The topological polar surface area (TPSA) is 162 Å².